The van der Waals surface area contributed by atoms with E-state index in [1.165, 1.54) is 13.1 Å². The summed E-state index contributed by atoms with van der Waals surface area (Å²) in [7, 11) is 0. The number of hydrogen-bond acceptors (Lipinski definition) is 7. The third-order valence-electron chi connectivity index (χ3n) is 2.46. The molecular weight excluding hydrogens is 272 g/mol. The molecule has 0 aliphatic heterocycles. The van der Waals surface area contributed by atoms with Crippen molar-refractivity contribution in [1.82, 2.24) is 9.55 Å². The molecule has 0 aliphatic carbocycles. The molecule has 112 valence electrons. The van der Waals surface area contributed by atoms with Crippen LogP contribution in [0.5, 0.6) is 0 Å². The number of aromatic nitrogens is 2. The molecule has 0 radical (unpaired) electrons. The quantitative estimate of drug-likeness (QED) is 0.436. The summed E-state index contributed by atoms with van der Waals surface area (Å²) in [4.78, 5) is 36.0. The van der Waals surface area contributed by atoms with Gasteiger partial charge in [0.05, 0.1) is 0 Å². The maximum absolute atomic E-state index is 11.5. The number of aliphatic hydroxyl groups is 2. The van der Waals surface area contributed by atoms with Crippen LogP contribution in [0.15, 0.2) is 21.9 Å². The molecule has 2 unspecified atom stereocenters. The van der Waals surface area contributed by atoms with Crippen molar-refractivity contribution >= 4 is 5.97 Å². The highest BCUT2D eigenvalue weighted by molar-refractivity contribution is 5.74. The van der Waals surface area contributed by atoms with Gasteiger partial charge >= 0.3 is 18.1 Å². The van der Waals surface area contributed by atoms with Crippen LogP contribution in [0.2, 0.25) is 0 Å². The SMILES string of the molecule is CCC(OC(C)n1ccc(=O)[nH]c1=O)C(=O)OC(O)O. The summed E-state index contributed by atoms with van der Waals surface area (Å²) in [6.07, 6.45) is -0.503. The third kappa shape index (κ3) is 4.30. The van der Waals surface area contributed by atoms with Crippen LogP contribution in [0.3, 0.4) is 0 Å². The first-order valence-electron chi connectivity index (χ1n) is 5.88. The van der Waals surface area contributed by atoms with E-state index in [9.17, 15) is 14.4 Å². The predicted octanol–water partition coefficient (Wildman–Crippen LogP) is -1.34. The minimum absolute atomic E-state index is 0.202. The monoisotopic (exact) mass is 288 g/mol. The van der Waals surface area contributed by atoms with Crippen LogP contribution in [0, 0.1) is 0 Å². The Hall–Kier alpha value is -1.97. The molecule has 20 heavy (non-hydrogen) atoms. The molecule has 0 saturated heterocycles. The maximum atomic E-state index is 11.5. The first-order chi connectivity index (χ1) is 9.35. The van der Waals surface area contributed by atoms with Crippen molar-refractivity contribution in [2.45, 2.75) is 39.1 Å². The number of H-pyrrole nitrogens is 1. The predicted molar refractivity (Wildman–Crippen MR) is 65.5 cm³/mol. The van der Waals surface area contributed by atoms with Gasteiger partial charge in [0.1, 0.15) is 6.23 Å². The Morgan fingerprint density at radius 1 is 1.45 bits per heavy atom. The van der Waals surface area contributed by atoms with Crippen LogP contribution in [-0.2, 0) is 14.3 Å². The molecule has 9 nitrogen and oxygen atoms in total. The zero-order valence-corrected chi connectivity index (χ0v) is 11.0. The van der Waals surface area contributed by atoms with Crippen molar-refractivity contribution in [2.24, 2.45) is 0 Å². The van der Waals surface area contributed by atoms with Crippen molar-refractivity contribution in [1.29, 1.82) is 0 Å². The third-order valence-corrected chi connectivity index (χ3v) is 2.46. The van der Waals surface area contributed by atoms with Crippen molar-refractivity contribution in [3.8, 4) is 0 Å². The summed E-state index contributed by atoms with van der Waals surface area (Å²) < 4.78 is 10.6. The summed E-state index contributed by atoms with van der Waals surface area (Å²) >= 11 is 0. The zero-order chi connectivity index (χ0) is 15.3. The summed E-state index contributed by atoms with van der Waals surface area (Å²) in [6.45, 7) is 0.884. The van der Waals surface area contributed by atoms with Crippen molar-refractivity contribution in [3.63, 3.8) is 0 Å². The molecule has 1 aromatic rings. The number of carbonyl (C=O) groups excluding carboxylic acids is 1. The number of esters is 1. The van der Waals surface area contributed by atoms with E-state index in [1.807, 2.05) is 4.98 Å². The van der Waals surface area contributed by atoms with Gasteiger partial charge in [-0.3, -0.25) is 14.3 Å². The van der Waals surface area contributed by atoms with Crippen LogP contribution >= 0.6 is 0 Å². The number of aliphatic hydroxyl groups excluding tert-OH is 1. The van der Waals surface area contributed by atoms with Gasteiger partial charge in [-0.2, -0.15) is 0 Å². The van der Waals surface area contributed by atoms with Gasteiger partial charge in [0.25, 0.3) is 5.56 Å². The molecule has 0 saturated carbocycles. The number of carbonyl (C=O) groups is 1. The molecule has 0 fully saturated rings. The molecule has 1 heterocycles. The van der Waals surface area contributed by atoms with E-state index in [-0.39, 0.29) is 6.42 Å². The van der Waals surface area contributed by atoms with Gasteiger partial charge in [0.2, 0.25) is 0 Å². The molecule has 0 aromatic carbocycles. The van der Waals surface area contributed by atoms with Crippen molar-refractivity contribution in [2.75, 3.05) is 0 Å². The van der Waals surface area contributed by atoms with Gasteiger partial charge in [-0.05, 0) is 13.3 Å². The summed E-state index contributed by atoms with van der Waals surface area (Å²) in [5.41, 5.74) is -1.23. The highest BCUT2D eigenvalue weighted by atomic mass is 16.8. The fraction of sp³-hybridized carbons (Fsp3) is 0.545. The van der Waals surface area contributed by atoms with Gasteiger partial charge < -0.3 is 19.7 Å². The largest absolute Gasteiger partial charge is 0.409 e. The number of rotatable bonds is 6. The minimum atomic E-state index is -2.23. The van der Waals surface area contributed by atoms with E-state index < -0.39 is 36.0 Å². The first kappa shape index (κ1) is 16.1. The summed E-state index contributed by atoms with van der Waals surface area (Å²) in [6, 6.07) is 1.14. The lowest BCUT2D eigenvalue weighted by Gasteiger charge is -2.21. The highest BCUT2D eigenvalue weighted by Crippen LogP contribution is 2.12. The lowest BCUT2D eigenvalue weighted by Crippen LogP contribution is -2.36. The Bertz CT molecular complexity index is 562. The van der Waals surface area contributed by atoms with Crippen LogP contribution in [0.4, 0.5) is 0 Å². The van der Waals surface area contributed by atoms with Crippen molar-refractivity contribution in [3.05, 3.63) is 33.1 Å². The standard InChI is InChI=1S/C11H16N2O7/c1-3-7(9(15)20-11(17)18)19-6(2)13-5-4-8(14)12-10(13)16/h4-7,11,17-18H,3H2,1-2H3,(H,12,14,16). The normalized spacial score (nSPS) is 14.1. The molecular formula is C11H16N2O7. The number of aromatic amines is 1. The van der Waals surface area contributed by atoms with E-state index in [0.717, 1.165) is 10.6 Å². The van der Waals surface area contributed by atoms with Crippen LogP contribution in [0.25, 0.3) is 0 Å². The second-order valence-corrected chi connectivity index (χ2v) is 3.91. The summed E-state index contributed by atoms with van der Waals surface area (Å²) in [5, 5.41) is 17.1. The van der Waals surface area contributed by atoms with E-state index >= 15 is 0 Å². The second-order valence-electron chi connectivity index (χ2n) is 3.91. The Kier molecular flexibility index (Phi) is 5.62. The second kappa shape index (κ2) is 6.98. The smallest absolute Gasteiger partial charge is 0.339 e. The highest BCUT2D eigenvalue weighted by Gasteiger charge is 2.24. The van der Waals surface area contributed by atoms with Crippen LogP contribution < -0.4 is 11.2 Å². The Morgan fingerprint density at radius 3 is 2.60 bits per heavy atom. The van der Waals surface area contributed by atoms with E-state index in [4.69, 9.17) is 14.9 Å². The molecule has 3 N–H and O–H groups in total. The summed E-state index contributed by atoms with van der Waals surface area (Å²) in [5.74, 6) is -0.966. The molecule has 0 aliphatic rings. The van der Waals surface area contributed by atoms with Gasteiger partial charge in [-0.15, -0.1) is 0 Å². The fourth-order valence-corrected chi connectivity index (χ4v) is 1.52. The number of nitrogens with one attached hydrogen (secondary N) is 1. The minimum Gasteiger partial charge on any atom is -0.409 e. The molecule has 9 heteroatoms. The number of nitrogens with zero attached hydrogens (tertiary/aromatic N) is 1. The van der Waals surface area contributed by atoms with Crippen LogP contribution in [0.1, 0.15) is 26.5 Å². The Morgan fingerprint density at radius 2 is 2.10 bits per heavy atom. The number of hydrogen-bond donors (Lipinski definition) is 3. The lowest BCUT2D eigenvalue weighted by molar-refractivity contribution is -0.240. The molecule has 0 amide bonds. The maximum Gasteiger partial charge on any atom is 0.339 e. The molecule has 0 spiro atoms. The van der Waals surface area contributed by atoms with Gasteiger partial charge in [-0.25, -0.2) is 9.59 Å². The van der Waals surface area contributed by atoms with Gasteiger partial charge in [-0.1, -0.05) is 6.92 Å². The van der Waals surface area contributed by atoms with Crippen molar-refractivity contribution < 1.29 is 24.5 Å². The topological polar surface area (TPSA) is 131 Å². The Balaban J connectivity index is 2.81. The van der Waals surface area contributed by atoms with E-state index in [0.29, 0.717) is 0 Å². The molecule has 2 atom stereocenters. The Labute approximate surface area is 113 Å². The first-order valence-corrected chi connectivity index (χ1v) is 5.88. The average molecular weight is 288 g/mol. The van der Waals surface area contributed by atoms with Crippen LogP contribution in [-0.4, -0.2) is 38.3 Å². The van der Waals surface area contributed by atoms with E-state index in [1.54, 1.807) is 6.92 Å². The van der Waals surface area contributed by atoms with Gasteiger partial charge in [0, 0.05) is 12.3 Å². The number of ether oxygens (including phenoxy) is 2. The van der Waals surface area contributed by atoms with Gasteiger partial charge in [0.15, 0.2) is 6.10 Å². The fourth-order valence-electron chi connectivity index (χ4n) is 1.52. The average Bonchev–Trinajstić information content (AvgIpc) is 2.34. The molecule has 1 aromatic heterocycles. The molecule has 0 bridgehead atoms. The zero-order valence-electron chi connectivity index (χ0n) is 11.0. The lowest BCUT2D eigenvalue weighted by atomic mass is 10.3. The van der Waals surface area contributed by atoms with E-state index in [2.05, 4.69) is 4.74 Å². The molecule has 1 rings (SSSR count).